The van der Waals surface area contributed by atoms with Crippen LogP contribution in [0.5, 0.6) is 0 Å². The number of aromatic nitrogens is 2. The molecule has 0 saturated carbocycles. The number of esters is 1. The average Bonchev–Trinajstić information content (AvgIpc) is 3.01. The molecule has 1 aromatic heterocycles. The maximum absolute atomic E-state index is 12.4. The van der Waals surface area contributed by atoms with Crippen LogP contribution in [0.4, 0.5) is 4.79 Å². The Morgan fingerprint density at radius 2 is 2.00 bits per heavy atom. The first-order valence-corrected chi connectivity index (χ1v) is 8.58. The molecular weight excluding hydrogens is 338 g/mol. The van der Waals surface area contributed by atoms with Crippen LogP contribution in [-0.2, 0) is 9.53 Å². The number of nitrogens with zero attached hydrogens (tertiary/aromatic N) is 3. The molecule has 0 atom stereocenters. The molecule has 2 amide bonds. The summed E-state index contributed by atoms with van der Waals surface area (Å²) in [5, 5.41) is 1.04. The third-order valence-corrected chi connectivity index (χ3v) is 4.75. The molecule has 2 heterocycles. The van der Waals surface area contributed by atoms with E-state index in [2.05, 4.69) is 9.72 Å². The van der Waals surface area contributed by atoms with Gasteiger partial charge >= 0.3 is 17.7 Å². The summed E-state index contributed by atoms with van der Waals surface area (Å²) in [5.74, 6) is 5.34. The van der Waals surface area contributed by atoms with Gasteiger partial charge in [-0.15, -0.1) is 0 Å². The molecule has 1 aliphatic rings. The maximum atomic E-state index is 12.4. The fraction of sp³-hybridized carbons (Fsp3) is 0.471. The van der Waals surface area contributed by atoms with E-state index in [4.69, 9.17) is 5.84 Å². The standard InChI is InChI=1S/C17H23N5O4/c1-26-15(23)8-11-21(18)17(25)20-9-6-12(7-10-20)22-14-5-3-2-4-13(14)19-16(22)24/h2-5,12H,6-11,18H2,1H3,(H,19,24). The van der Waals surface area contributed by atoms with Gasteiger partial charge in [0.1, 0.15) is 0 Å². The Bertz CT molecular complexity index is 850. The van der Waals surface area contributed by atoms with Crippen LogP contribution in [0.25, 0.3) is 11.0 Å². The highest BCUT2D eigenvalue weighted by molar-refractivity contribution is 5.76. The molecule has 1 fully saturated rings. The average molecular weight is 361 g/mol. The Morgan fingerprint density at radius 1 is 1.31 bits per heavy atom. The molecule has 9 nitrogen and oxygen atoms in total. The molecule has 2 aromatic rings. The predicted octanol–water partition coefficient (Wildman–Crippen LogP) is 0.825. The van der Waals surface area contributed by atoms with Crippen LogP contribution < -0.4 is 11.5 Å². The topological polar surface area (TPSA) is 114 Å². The number of likely N-dealkylation sites (tertiary alicyclic amines) is 1. The van der Waals surface area contributed by atoms with E-state index in [0.29, 0.717) is 25.9 Å². The number of hydrogen-bond acceptors (Lipinski definition) is 5. The van der Waals surface area contributed by atoms with Crippen molar-refractivity contribution in [3.8, 4) is 0 Å². The van der Waals surface area contributed by atoms with Crippen molar-refractivity contribution in [1.82, 2.24) is 19.5 Å². The van der Waals surface area contributed by atoms with Gasteiger partial charge in [0, 0.05) is 25.7 Å². The lowest BCUT2D eigenvalue weighted by atomic mass is 10.0. The lowest BCUT2D eigenvalue weighted by Gasteiger charge is -2.34. The molecule has 9 heteroatoms. The minimum absolute atomic E-state index is 0.0315. The normalized spacial score (nSPS) is 15.2. The van der Waals surface area contributed by atoms with Crippen LogP contribution in [0.3, 0.4) is 0 Å². The van der Waals surface area contributed by atoms with E-state index in [9.17, 15) is 14.4 Å². The Hall–Kier alpha value is -2.81. The number of fused-ring (bicyclic) bond motifs is 1. The maximum Gasteiger partial charge on any atom is 0.334 e. The SMILES string of the molecule is COC(=O)CCN(N)C(=O)N1CCC(n2c(=O)[nH]c3ccccc32)CC1. The summed E-state index contributed by atoms with van der Waals surface area (Å²) >= 11 is 0. The number of para-hydroxylation sites is 2. The number of H-pyrrole nitrogens is 1. The molecular formula is C17H23N5O4. The summed E-state index contributed by atoms with van der Waals surface area (Å²) in [7, 11) is 1.29. The minimum Gasteiger partial charge on any atom is -0.469 e. The van der Waals surface area contributed by atoms with Crippen LogP contribution in [0.2, 0.25) is 0 Å². The number of imidazole rings is 1. The largest absolute Gasteiger partial charge is 0.469 e. The van der Waals surface area contributed by atoms with E-state index in [1.54, 1.807) is 9.47 Å². The Labute approximate surface area is 150 Å². The summed E-state index contributed by atoms with van der Waals surface area (Å²) in [4.78, 5) is 40.3. The lowest BCUT2D eigenvalue weighted by molar-refractivity contribution is -0.140. The van der Waals surface area contributed by atoms with Gasteiger partial charge in [0.2, 0.25) is 0 Å². The molecule has 140 valence electrons. The number of carbonyl (C=O) groups is 2. The van der Waals surface area contributed by atoms with Crippen LogP contribution in [0.1, 0.15) is 25.3 Å². The molecule has 3 rings (SSSR count). The Morgan fingerprint density at radius 3 is 2.69 bits per heavy atom. The third kappa shape index (κ3) is 3.57. The van der Waals surface area contributed by atoms with Crippen molar-refractivity contribution in [3.63, 3.8) is 0 Å². The number of carbonyl (C=O) groups excluding carboxylic acids is 2. The third-order valence-electron chi connectivity index (χ3n) is 4.75. The zero-order valence-electron chi connectivity index (χ0n) is 14.7. The molecule has 1 saturated heterocycles. The zero-order valence-corrected chi connectivity index (χ0v) is 14.7. The first-order chi connectivity index (χ1) is 12.5. The highest BCUT2D eigenvalue weighted by atomic mass is 16.5. The predicted molar refractivity (Wildman–Crippen MR) is 95.3 cm³/mol. The monoisotopic (exact) mass is 361 g/mol. The van der Waals surface area contributed by atoms with Crippen molar-refractivity contribution in [2.45, 2.75) is 25.3 Å². The minimum atomic E-state index is -0.411. The van der Waals surface area contributed by atoms with Gasteiger partial charge in [-0.3, -0.25) is 14.4 Å². The van der Waals surface area contributed by atoms with E-state index >= 15 is 0 Å². The quantitative estimate of drug-likeness (QED) is 0.362. The first kappa shape index (κ1) is 18.0. The number of urea groups is 1. The second-order valence-electron chi connectivity index (χ2n) is 6.34. The van der Waals surface area contributed by atoms with E-state index in [0.717, 1.165) is 16.0 Å². The number of methoxy groups -OCH3 is 1. The molecule has 0 unspecified atom stereocenters. The van der Waals surface area contributed by atoms with Crippen LogP contribution in [0.15, 0.2) is 29.1 Å². The lowest BCUT2D eigenvalue weighted by Crippen LogP contribution is -2.50. The van der Waals surface area contributed by atoms with Crippen LogP contribution in [0, 0.1) is 0 Å². The molecule has 1 aromatic carbocycles. The first-order valence-electron chi connectivity index (χ1n) is 8.58. The van der Waals surface area contributed by atoms with Crippen molar-refractivity contribution in [1.29, 1.82) is 0 Å². The van der Waals surface area contributed by atoms with Gasteiger partial charge in [-0.2, -0.15) is 0 Å². The van der Waals surface area contributed by atoms with Gasteiger partial charge in [0.15, 0.2) is 0 Å². The number of benzene rings is 1. The fourth-order valence-electron chi connectivity index (χ4n) is 3.34. The molecule has 26 heavy (non-hydrogen) atoms. The second-order valence-corrected chi connectivity index (χ2v) is 6.34. The highest BCUT2D eigenvalue weighted by Crippen LogP contribution is 2.25. The van der Waals surface area contributed by atoms with Gasteiger partial charge in [0.25, 0.3) is 0 Å². The molecule has 0 radical (unpaired) electrons. The molecule has 1 aliphatic heterocycles. The van der Waals surface area contributed by atoms with Crippen molar-refractivity contribution >= 4 is 23.0 Å². The van der Waals surface area contributed by atoms with E-state index < -0.39 is 5.97 Å². The molecule has 0 bridgehead atoms. The number of piperidine rings is 1. The Kier molecular flexibility index (Phi) is 5.27. The number of nitrogens with two attached hydrogens (primary N) is 1. The van der Waals surface area contributed by atoms with Crippen molar-refractivity contribution in [2.24, 2.45) is 5.84 Å². The summed E-state index contributed by atoms with van der Waals surface area (Å²) < 4.78 is 6.32. The van der Waals surface area contributed by atoms with E-state index in [1.165, 1.54) is 7.11 Å². The summed E-state index contributed by atoms with van der Waals surface area (Å²) in [6, 6.07) is 7.29. The van der Waals surface area contributed by atoms with E-state index in [-0.39, 0.29) is 30.7 Å². The number of ether oxygens (including phenoxy) is 1. The Balaban J connectivity index is 1.62. The van der Waals surface area contributed by atoms with Crippen LogP contribution >= 0.6 is 0 Å². The molecule has 0 spiro atoms. The number of aromatic amines is 1. The van der Waals surface area contributed by atoms with Gasteiger partial charge in [-0.25, -0.2) is 15.4 Å². The fourth-order valence-corrected chi connectivity index (χ4v) is 3.34. The van der Waals surface area contributed by atoms with Gasteiger partial charge in [-0.1, -0.05) is 12.1 Å². The van der Waals surface area contributed by atoms with Crippen LogP contribution in [-0.4, -0.2) is 58.2 Å². The van der Waals surface area contributed by atoms with Crippen molar-refractivity contribution in [2.75, 3.05) is 26.7 Å². The summed E-state index contributed by atoms with van der Waals surface area (Å²) in [5.41, 5.74) is 1.56. The highest BCUT2D eigenvalue weighted by Gasteiger charge is 2.27. The smallest absolute Gasteiger partial charge is 0.334 e. The van der Waals surface area contributed by atoms with Crippen molar-refractivity contribution < 1.29 is 14.3 Å². The number of nitrogens with one attached hydrogen (secondary N) is 1. The van der Waals surface area contributed by atoms with Crippen molar-refractivity contribution in [3.05, 3.63) is 34.7 Å². The second kappa shape index (κ2) is 7.61. The summed E-state index contributed by atoms with van der Waals surface area (Å²) in [6.45, 7) is 1.11. The van der Waals surface area contributed by atoms with Gasteiger partial charge in [0.05, 0.1) is 24.6 Å². The number of hydrazine groups is 1. The number of rotatable bonds is 4. The van der Waals surface area contributed by atoms with Gasteiger partial charge in [-0.05, 0) is 25.0 Å². The van der Waals surface area contributed by atoms with Gasteiger partial charge < -0.3 is 14.6 Å². The summed E-state index contributed by atoms with van der Waals surface area (Å²) in [6.07, 6.45) is 1.39. The zero-order chi connectivity index (χ0) is 18.7. The molecule has 3 N–H and O–H groups in total. The number of amides is 2. The number of hydrogen-bond donors (Lipinski definition) is 2. The van der Waals surface area contributed by atoms with E-state index in [1.807, 2.05) is 24.3 Å². The molecule has 0 aliphatic carbocycles.